The van der Waals surface area contributed by atoms with Gasteiger partial charge in [-0.2, -0.15) is 0 Å². The van der Waals surface area contributed by atoms with Crippen molar-refractivity contribution >= 4 is 0 Å². The molecule has 0 aromatic carbocycles. The summed E-state index contributed by atoms with van der Waals surface area (Å²) in [7, 11) is 1.81. The van der Waals surface area contributed by atoms with E-state index in [0.29, 0.717) is 17.0 Å². The Morgan fingerprint density at radius 2 is 2.05 bits per heavy atom. The Morgan fingerprint density at radius 3 is 2.60 bits per heavy atom. The quantitative estimate of drug-likeness (QED) is 0.777. The van der Waals surface area contributed by atoms with Gasteiger partial charge >= 0.3 is 0 Å². The van der Waals surface area contributed by atoms with E-state index in [-0.39, 0.29) is 0 Å². The summed E-state index contributed by atoms with van der Waals surface area (Å²) in [4.78, 5) is 2.75. The number of ether oxygens (including phenoxy) is 1. The van der Waals surface area contributed by atoms with Gasteiger partial charge in [-0.25, -0.2) is 0 Å². The lowest BCUT2D eigenvalue weighted by Crippen LogP contribution is -2.64. The van der Waals surface area contributed by atoms with E-state index in [9.17, 15) is 0 Å². The number of piperazine rings is 1. The predicted octanol–water partition coefficient (Wildman–Crippen LogP) is 2.90. The molecule has 1 heterocycles. The minimum atomic E-state index is 0.339. The van der Waals surface area contributed by atoms with Crippen LogP contribution in [0.2, 0.25) is 0 Å². The Morgan fingerprint density at radius 1 is 1.35 bits per heavy atom. The minimum Gasteiger partial charge on any atom is -0.385 e. The van der Waals surface area contributed by atoms with Crippen molar-refractivity contribution in [3.05, 3.63) is 0 Å². The van der Waals surface area contributed by atoms with Gasteiger partial charge in [-0.3, -0.25) is 4.90 Å². The fraction of sp³-hybridized carbons (Fsp3) is 1.00. The first-order valence-electron chi connectivity index (χ1n) is 8.38. The predicted molar refractivity (Wildman–Crippen MR) is 85.1 cm³/mol. The van der Waals surface area contributed by atoms with Crippen LogP contribution in [0, 0.1) is 11.3 Å². The van der Waals surface area contributed by atoms with Gasteiger partial charge < -0.3 is 10.1 Å². The molecule has 0 amide bonds. The van der Waals surface area contributed by atoms with Crippen LogP contribution >= 0.6 is 0 Å². The second-order valence-electron chi connectivity index (χ2n) is 7.95. The number of rotatable bonds is 7. The average molecular weight is 282 g/mol. The molecule has 0 radical (unpaired) electrons. The second kappa shape index (κ2) is 6.33. The highest BCUT2D eigenvalue weighted by Gasteiger charge is 2.46. The Bertz CT molecular complexity index is 314. The summed E-state index contributed by atoms with van der Waals surface area (Å²) in [5.41, 5.74) is 0.689. The molecule has 118 valence electrons. The molecule has 1 aliphatic carbocycles. The van der Waals surface area contributed by atoms with Crippen LogP contribution in [0.5, 0.6) is 0 Å². The molecule has 1 saturated heterocycles. The molecule has 0 aromatic heterocycles. The molecule has 3 nitrogen and oxygen atoms in total. The zero-order valence-corrected chi connectivity index (χ0v) is 14.2. The first-order valence-corrected chi connectivity index (χ1v) is 8.38. The molecule has 2 aliphatic rings. The fourth-order valence-electron chi connectivity index (χ4n) is 3.68. The third kappa shape index (κ3) is 3.96. The lowest BCUT2D eigenvalue weighted by atomic mass is 9.85. The monoisotopic (exact) mass is 282 g/mol. The summed E-state index contributed by atoms with van der Waals surface area (Å²) in [5, 5.41) is 3.85. The van der Waals surface area contributed by atoms with Crippen molar-refractivity contribution in [3.8, 4) is 0 Å². The number of hydrogen-bond donors (Lipinski definition) is 1. The summed E-state index contributed by atoms with van der Waals surface area (Å²) in [5.74, 6) is 0.907. The van der Waals surface area contributed by atoms with Gasteiger partial charge in [0.05, 0.1) is 0 Å². The van der Waals surface area contributed by atoms with Gasteiger partial charge in [0.1, 0.15) is 0 Å². The number of nitrogens with zero attached hydrogens (tertiary/aromatic N) is 1. The van der Waals surface area contributed by atoms with Crippen molar-refractivity contribution < 1.29 is 4.74 Å². The molecular weight excluding hydrogens is 248 g/mol. The van der Waals surface area contributed by atoms with Gasteiger partial charge in [-0.1, -0.05) is 20.8 Å². The van der Waals surface area contributed by atoms with Gasteiger partial charge in [-0.05, 0) is 43.9 Å². The normalized spacial score (nSPS) is 32.5. The van der Waals surface area contributed by atoms with E-state index < -0.39 is 0 Å². The van der Waals surface area contributed by atoms with Crippen molar-refractivity contribution in [2.24, 2.45) is 11.3 Å². The summed E-state index contributed by atoms with van der Waals surface area (Å²) < 4.78 is 5.28. The third-order valence-electron chi connectivity index (χ3n) is 5.35. The maximum Gasteiger partial charge on any atom is 0.0467 e. The molecule has 2 fully saturated rings. The summed E-state index contributed by atoms with van der Waals surface area (Å²) in [6.45, 7) is 14.0. The van der Waals surface area contributed by atoms with Crippen LogP contribution in [0.25, 0.3) is 0 Å². The Labute approximate surface area is 125 Å². The van der Waals surface area contributed by atoms with E-state index in [4.69, 9.17) is 4.74 Å². The highest BCUT2D eigenvalue weighted by molar-refractivity contribution is 5.04. The maximum absolute atomic E-state index is 5.28. The van der Waals surface area contributed by atoms with Crippen molar-refractivity contribution in [2.45, 2.75) is 65.0 Å². The van der Waals surface area contributed by atoms with Crippen molar-refractivity contribution in [1.29, 1.82) is 0 Å². The molecule has 0 aromatic rings. The Kier molecular flexibility index (Phi) is 5.14. The van der Waals surface area contributed by atoms with Gasteiger partial charge in [0.15, 0.2) is 0 Å². The zero-order chi connectivity index (χ0) is 14.8. The highest BCUT2D eigenvalue weighted by atomic mass is 16.5. The molecule has 1 saturated carbocycles. The molecule has 1 N–H and O–H groups in total. The standard InChI is InChI=1S/C17H34N2O/c1-6-15-11-18-17(4,14-7-8-14)13-19(15)12-16(2,3)9-10-20-5/h14-15,18H,6-13H2,1-5H3. The van der Waals surface area contributed by atoms with E-state index in [1.165, 1.54) is 32.4 Å². The first kappa shape index (κ1) is 16.3. The van der Waals surface area contributed by atoms with Crippen LogP contribution in [0.3, 0.4) is 0 Å². The molecule has 0 spiro atoms. The first-order chi connectivity index (χ1) is 9.40. The van der Waals surface area contributed by atoms with Gasteiger partial charge in [0.2, 0.25) is 0 Å². The van der Waals surface area contributed by atoms with Crippen molar-refractivity contribution in [3.63, 3.8) is 0 Å². The maximum atomic E-state index is 5.28. The smallest absolute Gasteiger partial charge is 0.0467 e. The lowest BCUT2D eigenvalue weighted by Gasteiger charge is -2.49. The SMILES string of the molecule is CCC1CNC(C)(C2CC2)CN1CC(C)(C)CCOC. The average Bonchev–Trinajstić information content (AvgIpc) is 3.21. The van der Waals surface area contributed by atoms with Crippen LogP contribution in [0.4, 0.5) is 0 Å². The highest BCUT2D eigenvalue weighted by Crippen LogP contribution is 2.42. The van der Waals surface area contributed by atoms with E-state index in [1.54, 1.807) is 7.11 Å². The van der Waals surface area contributed by atoms with Crippen molar-refractivity contribution in [2.75, 3.05) is 33.4 Å². The van der Waals surface area contributed by atoms with Crippen LogP contribution in [0.15, 0.2) is 0 Å². The van der Waals surface area contributed by atoms with Crippen molar-refractivity contribution in [1.82, 2.24) is 10.2 Å². The van der Waals surface area contributed by atoms with Gasteiger partial charge in [-0.15, -0.1) is 0 Å². The number of hydrogen-bond acceptors (Lipinski definition) is 3. The summed E-state index contributed by atoms with van der Waals surface area (Å²) in [6.07, 6.45) is 5.22. The molecule has 2 unspecified atom stereocenters. The zero-order valence-electron chi connectivity index (χ0n) is 14.2. The van der Waals surface area contributed by atoms with Crippen LogP contribution in [-0.4, -0.2) is 49.8 Å². The van der Waals surface area contributed by atoms with E-state index >= 15 is 0 Å². The molecule has 1 aliphatic heterocycles. The minimum absolute atomic E-state index is 0.339. The number of methoxy groups -OCH3 is 1. The summed E-state index contributed by atoms with van der Waals surface area (Å²) in [6, 6.07) is 0.698. The lowest BCUT2D eigenvalue weighted by molar-refractivity contribution is 0.0323. The van der Waals surface area contributed by atoms with Crippen LogP contribution in [0.1, 0.15) is 53.4 Å². The van der Waals surface area contributed by atoms with Gasteiger partial charge in [0.25, 0.3) is 0 Å². The molecule has 2 rings (SSSR count). The number of nitrogens with one attached hydrogen (secondary N) is 1. The largest absolute Gasteiger partial charge is 0.385 e. The van der Waals surface area contributed by atoms with Gasteiger partial charge in [0, 0.05) is 44.9 Å². The Balaban J connectivity index is 1.97. The van der Waals surface area contributed by atoms with Crippen LogP contribution < -0.4 is 5.32 Å². The topological polar surface area (TPSA) is 24.5 Å². The fourth-order valence-corrected chi connectivity index (χ4v) is 3.68. The van der Waals surface area contributed by atoms with Crippen LogP contribution in [-0.2, 0) is 4.74 Å². The second-order valence-corrected chi connectivity index (χ2v) is 7.95. The Hall–Kier alpha value is -0.120. The van der Waals surface area contributed by atoms with E-state index in [0.717, 1.165) is 25.5 Å². The molecule has 3 heteroatoms. The molecule has 2 atom stereocenters. The third-order valence-corrected chi connectivity index (χ3v) is 5.35. The van der Waals surface area contributed by atoms with E-state index in [1.807, 2.05) is 0 Å². The summed E-state index contributed by atoms with van der Waals surface area (Å²) >= 11 is 0. The molecular formula is C17H34N2O. The molecule has 0 bridgehead atoms. The van der Waals surface area contributed by atoms with E-state index in [2.05, 4.69) is 37.9 Å². The molecule has 20 heavy (non-hydrogen) atoms.